The molecule has 22 heavy (non-hydrogen) atoms. The van der Waals surface area contributed by atoms with Crippen molar-refractivity contribution < 1.29 is 18.0 Å². The van der Waals surface area contributed by atoms with E-state index in [0.717, 1.165) is 6.26 Å². The summed E-state index contributed by atoms with van der Waals surface area (Å²) in [5.74, 6) is -1.05. The van der Waals surface area contributed by atoms with Crippen molar-refractivity contribution in [1.29, 1.82) is 0 Å². The number of amides is 2. The molecule has 6 nitrogen and oxygen atoms in total. The van der Waals surface area contributed by atoms with E-state index < -0.39 is 27.7 Å². The SMILES string of the molecule is C=CCNC(=O)[C@H](CCS(C)(=O)=O)NC(=O)c1ccccc1. The molecule has 0 saturated carbocycles. The maximum Gasteiger partial charge on any atom is 0.251 e. The number of nitrogens with one attached hydrogen (secondary N) is 2. The Morgan fingerprint density at radius 3 is 2.45 bits per heavy atom. The minimum absolute atomic E-state index is 0.0143. The molecule has 0 aliphatic heterocycles. The van der Waals surface area contributed by atoms with E-state index in [1.807, 2.05) is 0 Å². The van der Waals surface area contributed by atoms with Crippen molar-refractivity contribution in [3.8, 4) is 0 Å². The first kappa shape index (κ1) is 17.9. The van der Waals surface area contributed by atoms with Gasteiger partial charge in [-0.3, -0.25) is 9.59 Å². The smallest absolute Gasteiger partial charge is 0.251 e. The Bertz CT molecular complexity index is 626. The van der Waals surface area contributed by atoms with Crippen LogP contribution >= 0.6 is 0 Å². The van der Waals surface area contributed by atoms with Crippen molar-refractivity contribution in [3.05, 3.63) is 48.6 Å². The largest absolute Gasteiger partial charge is 0.351 e. The Morgan fingerprint density at radius 1 is 1.27 bits per heavy atom. The highest BCUT2D eigenvalue weighted by atomic mass is 32.2. The van der Waals surface area contributed by atoms with Crippen molar-refractivity contribution in [1.82, 2.24) is 10.6 Å². The summed E-state index contributed by atoms with van der Waals surface area (Å²) >= 11 is 0. The molecule has 1 atom stereocenters. The van der Waals surface area contributed by atoms with Crippen LogP contribution < -0.4 is 10.6 Å². The predicted molar refractivity (Wildman–Crippen MR) is 85.2 cm³/mol. The van der Waals surface area contributed by atoms with Gasteiger partial charge in [-0.25, -0.2) is 8.42 Å². The van der Waals surface area contributed by atoms with Gasteiger partial charge in [-0.15, -0.1) is 6.58 Å². The van der Waals surface area contributed by atoms with Gasteiger partial charge in [0.2, 0.25) is 5.91 Å². The fraction of sp³-hybridized carbons (Fsp3) is 0.333. The summed E-state index contributed by atoms with van der Waals surface area (Å²) < 4.78 is 22.5. The average Bonchev–Trinajstić information content (AvgIpc) is 2.48. The molecule has 120 valence electrons. The van der Waals surface area contributed by atoms with E-state index in [0.29, 0.717) is 5.56 Å². The highest BCUT2D eigenvalue weighted by Gasteiger charge is 2.22. The molecule has 0 heterocycles. The maximum atomic E-state index is 12.1. The predicted octanol–water partition coefficient (Wildman–Crippen LogP) is 0.522. The molecule has 0 saturated heterocycles. The summed E-state index contributed by atoms with van der Waals surface area (Å²) in [6, 6.07) is 7.50. The lowest BCUT2D eigenvalue weighted by Crippen LogP contribution is -2.47. The summed E-state index contributed by atoms with van der Waals surface area (Å²) in [5, 5.41) is 5.12. The zero-order chi connectivity index (χ0) is 16.6. The molecule has 0 spiro atoms. The van der Waals surface area contributed by atoms with Gasteiger partial charge in [0.1, 0.15) is 15.9 Å². The van der Waals surface area contributed by atoms with E-state index in [-0.39, 0.29) is 18.7 Å². The maximum absolute atomic E-state index is 12.1. The van der Waals surface area contributed by atoms with Gasteiger partial charge < -0.3 is 10.6 Å². The van der Waals surface area contributed by atoms with Gasteiger partial charge in [-0.1, -0.05) is 24.3 Å². The number of sulfone groups is 1. The van der Waals surface area contributed by atoms with Gasteiger partial charge in [0.25, 0.3) is 5.91 Å². The van der Waals surface area contributed by atoms with Crippen LogP contribution in [0.25, 0.3) is 0 Å². The van der Waals surface area contributed by atoms with E-state index in [4.69, 9.17) is 0 Å². The number of carbonyl (C=O) groups is 2. The molecule has 2 N–H and O–H groups in total. The Kier molecular flexibility index (Phi) is 6.78. The summed E-state index contributed by atoms with van der Waals surface area (Å²) in [7, 11) is -3.23. The zero-order valence-electron chi connectivity index (χ0n) is 12.4. The third kappa shape index (κ3) is 6.53. The van der Waals surface area contributed by atoms with Gasteiger partial charge in [0, 0.05) is 18.4 Å². The van der Waals surface area contributed by atoms with Gasteiger partial charge in [0.15, 0.2) is 0 Å². The molecule has 7 heteroatoms. The quantitative estimate of drug-likeness (QED) is 0.682. The first-order valence-electron chi connectivity index (χ1n) is 6.75. The van der Waals surface area contributed by atoms with E-state index in [1.165, 1.54) is 6.08 Å². The Labute approximate surface area is 130 Å². The molecule has 0 aliphatic rings. The van der Waals surface area contributed by atoms with Crippen LogP contribution in [0.2, 0.25) is 0 Å². The summed E-state index contributed by atoms with van der Waals surface area (Å²) in [5.41, 5.74) is 0.406. The Hall–Kier alpha value is -2.15. The van der Waals surface area contributed by atoms with Crippen LogP contribution in [0.4, 0.5) is 0 Å². The fourth-order valence-corrected chi connectivity index (χ4v) is 2.39. The number of hydrogen-bond donors (Lipinski definition) is 2. The molecule has 0 fully saturated rings. The highest BCUT2D eigenvalue weighted by Crippen LogP contribution is 2.02. The number of carbonyl (C=O) groups excluding carboxylic acids is 2. The molecule has 0 unspecified atom stereocenters. The second-order valence-corrected chi connectivity index (χ2v) is 7.10. The average molecular weight is 324 g/mol. The van der Waals surface area contributed by atoms with E-state index >= 15 is 0 Å². The van der Waals surface area contributed by atoms with Crippen LogP contribution in [0.5, 0.6) is 0 Å². The van der Waals surface area contributed by atoms with Crippen molar-refractivity contribution in [3.63, 3.8) is 0 Å². The number of hydrogen-bond acceptors (Lipinski definition) is 4. The van der Waals surface area contributed by atoms with Crippen LogP contribution in [0.1, 0.15) is 16.8 Å². The van der Waals surface area contributed by atoms with Crippen molar-refractivity contribution >= 4 is 21.7 Å². The minimum Gasteiger partial charge on any atom is -0.351 e. The lowest BCUT2D eigenvalue weighted by molar-refractivity contribution is -0.122. The normalized spacial score (nSPS) is 12.2. The van der Waals surface area contributed by atoms with E-state index in [2.05, 4.69) is 17.2 Å². The van der Waals surface area contributed by atoms with Gasteiger partial charge in [-0.05, 0) is 18.6 Å². The third-order valence-electron chi connectivity index (χ3n) is 2.86. The van der Waals surface area contributed by atoms with Crippen molar-refractivity contribution in [2.45, 2.75) is 12.5 Å². The molecule has 0 radical (unpaired) electrons. The van der Waals surface area contributed by atoms with Gasteiger partial charge in [0.05, 0.1) is 5.75 Å². The van der Waals surface area contributed by atoms with Gasteiger partial charge in [-0.2, -0.15) is 0 Å². The molecule has 0 aliphatic carbocycles. The van der Waals surface area contributed by atoms with Gasteiger partial charge >= 0.3 is 0 Å². The summed E-state index contributed by atoms with van der Waals surface area (Å²) in [6.07, 6.45) is 2.61. The molecule has 0 bridgehead atoms. The van der Waals surface area contributed by atoms with Crippen molar-refractivity contribution in [2.24, 2.45) is 0 Å². The first-order valence-corrected chi connectivity index (χ1v) is 8.82. The summed E-state index contributed by atoms with van der Waals surface area (Å²) in [4.78, 5) is 24.1. The molecular weight excluding hydrogens is 304 g/mol. The minimum atomic E-state index is -3.23. The van der Waals surface area contributed by atoms with Crippen LogP contribution in [-0.2, 0) is 14.6 Å². The molecular formula is C15H20N2O4S. The van der Waals surface area contributed by atoms with Crippen LogP contribution in [0.15, 0.2) is 43.0 Å². The highest BCUT2D eigenvalue weighted by molar-refractivity contribution is 7.90. The first-order chi connectivity index (χ1) is 10.3. The van der Waals surface area contributed by atoms with E-state index in [9.17, 15) is 18.0 Å². The number of benzene rings is 1. The molecule has 0 aromatic heterocycles. The van der Waals surface area contributed by atoms with Crippen LogP contribution in [0.3, 0.4) is 0 Å². The van der Waals surface area contributed by atoms with Crippen LogP contribution in [-0.4, -0.2) is 44.8 Å². The Morgan fingerprint density at radius 2 is 1.91 bits per heavy atom. The lowest BCUT2D eigenvalue weighted by Gasteiger charge is -2.17. The van der Waals surface area contributed by atoms with E-state index in [1.54, 1.807) is 30.3 Å². The number of rotatable bonds is 8. The molecule has 2 amide bonds. The monoisotopic (exact) mass is 324 g/mol. The summed E-state index contributed by atoms with van der Waals surface area (Å²) in [6.45, 7) is 3.73. The zero-order valence-corrected chi connectivity index (χ0v) is 13.2. The van der Waals surface area contributed by atoms with Crippen LogP contribution in [0, 0.1) is 0 Å². The fourth-order valence-electron chi connectivity index (χ4n) is 1.73. The molecule has 1 aromatic carbocycles. The topological polar surface area (TPSA) is 92.3 Å². The standard InChI is InChI=1S/C15H20N2O4S/c1-3-10-16-15(19)13(9-11-22(2,20)21)17-14(18)12-7-5-4-6-8-12/h3-8,13H,1,9-11H2,2H3,(H,16,19)(H,17,18)/t13-/m0/s1. The van der Waals surface area contributed by atoms with Crippen molar-refractivity contribution in [2.75, 3.05) is 18.6 Å². The molecule has 1 rings (SSSR count). The Balaban J connectivity index is 2.78. The second kappa shape index (κ2) is 8.33. The third-order valence-corrected chi connectivity index (χ3v) is 3.83. The molecule has 1 aromatic rings. The second-order valence-electron chi connectivity index (χ2n) is 4.84. The lowest BCUT2D eigenvalue weighted by atomic mass is 10.1.